The first kappa shape index (κ1) is 20.9. The van der Waals surface area contributed by atoms with Crippen molar-refractivity contribution >= 4 is 34.9 Å². The SMILES string of the molecule is CN(Cc1ccsc1)C(=O)c1ccccc1SCC(=O)N(C)C1CCCCC1. The van der Waals surface area contributed by atoms with Gasteiger partial charge in [-0.1, -0.05) is 31.4 Å². The minimum Gasteiger partial charge on any atom is -0.342 e. The first-order valence-electron chi connectivity index (χ1n) is 9.80. The van der Waals surface area contributed by atoms with Crippen LogP contribution in [0.3, 0.4) is 0 Å². The highest BCUT2D eigenvalue weighted by Gasteiger charge is 2.23. The quantitative estimate of drug-likeness (QED) is 0.603. The van der Waals surface area contributed by atoms with Crippen molar-refractivity contribution in [3.8, 4) is 0 Å². The highest BCUT2D eigenvalue weighted by molar-refractivity contribution is 8.00. The Hall–Kier alpha value is -1.79. The molecule has 0 N–H and O–H groups in total. The van der Waals surface area contributed by atoms with Crippen molar-refractivity contribution in [1.82, 2.24) is 9.80 Å². The number of benzene rings is 1. The number of thioether (sulfide) groups is 1. The number of rotatable bonds is 7. The minimum atomic E-state index is -0.0117. The average Bonchev–Trinajstić information content (AvgIpc) is 3.24. The Balaban J connectivity index is 1.61. The molecular weight excluding hydrogens is 388 g/mol. The highest BCUT2D eigenvalue weighted by Crippen LogP contribution is 2.26. The molecule has 1 aliphatic rings. The summed E-state index contributed by atoms with van der Waals surface area (Å²) in [7, 11) is 3.74. The molecule has 0 atom stereocenters. The average molecular weight is 417 g/mol. The first-order chi connectivity index (χ1) is 13.6. The highest BCUT2D eigenvalue weighted by atomic mass is 32.2. The number of carbonyl (C=O) groups excluding carboxylic acids is 2. The molecule has 0 unspecified atom stereocenters. The summed E-state index contributed by atoms with van der Waals surface area (Å²) in [5.41, 5.74) is 1.80. The van der Waals surface area contributed by atoms with Crippen molar-refractivity contribution in [2.24, 2.45) is 0 Å². The van der Waals surface area contributed by atoms with Crippen LogP contribution >= 0.6 is 23.1 Å². The Morgan fingerprint density at radius 1 is 1.11 bits per heavy atom. The largest absolute Gasteiger partial charge is 0.342 e. The molecule has 1 fully saturated rings. The van der Waals surface area contributed by atoms with Gasteiger partial charge in [0.2, 0.25) is 5.91 Å². The normalized spacial score (nSPS) is 14.6. The summed E-state index contributed by atoms with van der Waals surface area (Å²) in [6.45, 7) is 0.588. The molecule has 3 rings (SSSR count). The maximum atomic E-state index is 12.9. The van der Waals surface area contributed by atoms with E-state index in [9.17, 15) is 9.59 Å². The van der Waals surface area contributed by atoms with Crippen LogP contribution in [0, 0.1) is 0 Å². The number of hydrogen-bond acceptors (Lipinski definition) is 4. The lowest BCUT2D eigenvalue weighted by Gasteiger charge is -2.31. The van der Waals surface area contributed by atoms with E-state index in [0.717, 1.165) is 23.3 Å². The predicted molar refractivity (Wildman–Crippen MR) is 117 cm³/mol. The van der Waals surface area contributed by atoms with Gasteiger partial charge in [-0.15, -0.1) is 11.8 Å². The summed E-state index contributed by atoms with van der Waals surface area (Å²) >= 11 is 3.10. The van der Waals surface area contributed by atoms with Crippen LogP contribution in [0.25, 0.3) is 0 Å². The Labute approximate surface area is 175 Å². The van der Waals surface area contributed by atoms with Crippen molar-refractivity contribution in [3.63, 3.8) is 0 Å². The molecule has 150 valence electrons. The third-order valence-electron chi connectivity index (χ3n) is 5.33. The van der Waals surface area contributed by atoms with E-state index in [1.54, 1.807) is 16.2 Å². The predicted octanol–water partition coefficient (Wildman–Crippen LogP) is 4.90. The fourth-order valence-electron chi connectivity index (χ4n) is 3.62. The Kier molecular flexibility index (Phi) is 7.57. The lowest BCUT2D eigenvalue weighted by atomic mass is 9.94. The fraction of sp³-hybridized carbons (Fsp3) is 0.455. The molecule has 1 aromatic heterocycles. The Morgan fingerprint density at radius 3 is 2.57 bits per heavy atom. The lowest BCUT2D eigenvalue weighted by Crippen LogP contribution is -2.39. The second-order valence-corrected chi connectivity index (χ2v) is 9.17. The van der Waals surface area contributed by atoms with Crippen molar-refractivity contribution < 1.29 is 9.59 Å². The maximum Gasteiger partial charge on any atom is 0.255 e. The zero-order valence-electron chi connectivity index (χ0n) is 16.6. The summed E-state index contributed by atoms with van der Waals surface area (Å²) in [5, 5.41) is 4.08. The minimum absolute atomic E-state index is 0.0117. The number of nitrogens with zero attached hydrogens (tertiary/aromatic N) is 2. The summed E-state index contributed by atoms with van der Waals surface area (Å²) in [4.78, 5) is 30.1. The fourth-order valence-corrected chi connectivity index (χ4v) is 5.24. The zero-order chi connectivity index (χ0) is 19.9. The second-order valence-electron chi connectivity index (χ2n) is 7.37. The summed E-state index contributed by atoms with van der Waals surface area (Å²) in [6, 6.07) is 10.00. The molecule has 2 aromatic rings. The van der Waals surface area contributed by atoms with Crippen molar-refractivity contribution in [2.45, 2.75) is 49.6 Å². The van der Waals surface area contributed by atoms with Crippen LogP contribution in [-0.2, 0) is 11.3 Å². The van der Waals surface area contributed by atoms with Gasteiger partial charge in [-0.25, -0.2) is 0 Å². The van der Waals surface area contributed by atoms with Gasteiger partial charge in [-0.2, -0.15) is 11.3 Å². The Morgan fingerprint density at radius 2 is 1.86 bits per heavy atom. The molecule has 2 amide bonds. The molecule has 0 spiro atoms. The van der Waals surface area contributed by atoms with Gasteiger partial charge in [0.05, 0.1) is 11.3 Å². The molecule has 1 aromatic carbocycles. The van der Waals surface area contributed by atoms with E-state index in [2.05, 4.69) is 5.38 Å². The summed E-state index contributed by atoms with van der Waals surface area (Å²) < 4.78 is 0. The molecule has 6 heteroatoms. The molecule has 0 saturated heterocycles. The smallest absolute Gasteiger partial charge is 0.255 e. The van der Waals surface area contributed by atoms with Crippen LogP contribution < -0.4 is 0 Å². The molecule has 1 heterocycles. The van der Waals surface area contributed by atoms with Crippen molar-refractivity contribution in [1.29, 1.82) is 0 Å². The topological polar surface area (TPSA) is 40.6 Å². The maximum absolute atomic E-state index is 12.9. The molecule has 0 bridgehead atoms. The molecular formula is C22H28N2O2S2. The van der Waals surface area contributed by atoms with E-state index < -0.39 is 0 Å². The van der Waals surface area contributed by atoms with Gasteiger partial charge in [-0.3, -0.25) is 9.59 Å². The van der Waals surface area contributed by atoms with Crippen LogP contribution in [0.5, 0.6) is 0 Å². The van der Waals surface area contributed by atoms with Crippen LogP contribution in [0.2, 0.25) is 0 Å². The molecule has 0 aliphatic heterocycles. The van der Waals surface area contributed by atoms with Gasteiger partial charge in [0.1, 0.15) is 0 Å². The van der Waals surface area contributed by atoms with Crippen LogP contribution in [0.4, 0.5) is 0 Å². The van der Waals surface area contributed by atoms with Gasteiger partial charge in [0.15, 0.2) is 0 Å². The standard InChI is InChI=1S/C22H28N2O2S2/c1-23(14-17-12-13-27-15-17)22(26)19-10-6-7-11-20(19)28-16-21(25)24(2)18-8-4-3-5-9-18/h6-7,10-13,15,18H,3-5,8-9,14,16H2,1-2H3. The van der Waals surface area contributed by atoms with Crippen LogP contribution in [0.1, 0.15) is 48.0 Å². The second kappa shape index (κ2) is 10.1. The monoisotopic (exact) mass is 416 g/mol. The van der Waals surface area contributed by atoms with Gasteiger partial charge < -0.3 is 9.80 Å². The molecule has 0 radical (unpaired) electrons. The third-order valence-corrected chi connectivity index (χ3v) is 7.12. The number of hydrogen-bond donors (Lipinski definition) is 0. The van der Waals surface area contributed by atoms with E-state index in [-0.39, 0.29) is 11.8 Å². The van der Waals surface area contributed by atoms with Crippen molar-refractivity contribution in [2.75, 3.05) is 19.8 Å². The Bertz CT molecular complexity index is 786. The van der Waals surface area contributed by atoms with E-state index in [1.807, 2.05) is 54.7 Å². The van der Waals surface area contributed by atoms with Gasteiger partial charge in [-0.05, 0) is 47.4 Å². The van der Waals surface area contributed by atoms with Gasteiger partial charge in [0.25, 0.3) is 5.91 Å². The molecule has 4 nitrogen and oxygen atoms in total. The lowest BCUT2D eigenvalue weighted by molar-refractivity contribution is -0.129. The molecule has 1 saturated carbocycles. The van der Waals surface area contributed by atoms with E-state index in [0.29, 0.717) is 23.9 Å². The van der Waals surface area contributed by atoms with E-state index >= 15 is 0 Å². The van der Waals surface area contributed by atoms with Crippen LogP contribution in [0.15, 0.2) is 46.0 Å². The van der Waals surface area contributed by atoms with Gasteiger partial charge in [0, 0.05) is 31.6 Å². The zero-order valence-corrected chi connectivity index (χ0v) is 18.2. The van der Waals surface area contributed by atoms with Crippen LogP contribution in [-0.4, -0.2) is 47.5 Å². The molecule has 28 heavy (non-hydrogen) atoms. The van der Waals surface area contributed by atoms with E-state index in [4.69, 9.17) is 0 Å². The van der Waals surface area contributed by atoms with Gasteiger partial charge >= 0.3 is 0 Å². The van der Waals surface area contributed by atoms with Crippen molar-refractivity contribution in [3.05, 3.63) is 52.2 Å². The number of thiophene rings is 1. The third kappa shape index (κ3) is 5.39. The number of carbonyl (C=O) groups is 2. The first-order valence-corrected chi connectivity index (χ1v) is 11.7. The summed E-state index contributed by atoms with van der Waals surface area (Å²) in [6.07, 6.45) is 5.92. The molecule has 1 aliphatic carbocycles. The number of amides is 2. The van der Waals surface area contributed by atoms with E-state index in [1.165, 1.54) is 31.0 Å². The summed E-state index contributed by atoms with van der Waals surface area (Å²) in [5.74, 6) is 0.499.